The minimum atomic E-state index is -0.410. The highest BCUT2D eigenvalue weighted by Crippen LogP contribution is 2.27. The highest BCUT2D eigenvalue weighted by atomic mass is 16.5. The predicted octanol–water partition coefficient (Wildman–Crippen LogP) is 2.46. The number of benzene rings is 1. The first-order chi connectivity index (χ1) is 9.04. The highest BCUT2D eigenvalue weighted by Gasteiger charge is 2.27. The van der Waals surface area contributed by atoms with Crippen molar-refractivity contribution in [3.05, 3.63) is 41.2 Å². The third-order valence-electron chi connectivity index (χ3n) is 3.08. The molecule has 2 amide bonds. The summed E-state index contributed by atoms with van der Waals surface area (Å²) in [6, 6.07) is 5.56. The summed E-state index contributed by atoms with van der Waals surface area (Å²) in [7, 11) is 0. The van der Waals surface area contributed by atoms with Crippen molar-refractivity contribution in [3.63, 3.8) is 0 Å². The van der Waals surface area contributed by atoms with Gasteiger partial charge in [-0.3, -0.25) is 14.9 Å². The summed E-state index contributed by atoms with van der Waals surface area (Å²) in [4.78, 5) is 23.7. The molecule has 0 radical (unpaired) electrons. The normalized spacial score (nSPS) is 16.5. The highest BCUT2D eigenvalue weighted by molar-refractivity contribution is 6.30. The minimum absolute atomic E-state index is 0.332. The molecule has 0 fully saturated rings. The molecule has 19 heavy (non-hydrogen) atoms. The molecular weight excluding hydrogens is 242 g/mol. The molecule has 0 atom stereocenters. The summed E-state index contributed by atoms with van der Waals surface area (Å²) < 4.78 is 5.20. The Morgan fingerprint density at radius 3 is 2.58 bits per heavy atom. The number of imide groups is 1. The second kappa shape index (κ2) is 5.26. The van der Waals surface area contributed by atoms with Crippen LogP contribution in [0, 0.1) is 0 Å². The van der Waals surface area contributed by atoms with E-state index in [0.29, 0.717) is 29.2 Å². The van der Waals surface area contributed by atoms with Crippen molar-refractivity contribution < 1.29 is 14.3 Å². The molecule has 0 aliphatic carbocycles. The van der Waals surface area contributed by atoms with Crippen LogP contribution in [0.1, 0.15) is 48.2 Å². The van der Waals surface area contributed by atoms with Crippen LogP contribution in [0.4, 0.5) is 0 Å². The molecule has 0 aromatic heterocycles. The molecule has 0 saturated heterocycles. The molecule has 0 bridgehead atoms. The van der Waals surface area contributed by atoms with Gasteiger partial charge in [0.25, 0.3) is 11.8 Å². The topological polar surface area (TPSA) is 55.4 Å². The number of hydrogen-bond donors (Lipinski definition) is 1. The number of rotatable bonds is 3. The van der Waals surface area contributed by atoms with Crippen molar-refractivity contribution in [2.75, 3.05) is 6.61 Å². The largest absolute Gasteiger partial charge is 0.501 e. The zero-order valence-corrected chi connectivity index (χ0v) is 11.3. The van der Waals surface area contributed by atoms with E-state index in [9.17, 15) is 9.59 Å². The van der Waals surface area contributed by atoms with Gasteiger partial charge in [0.05, 0.1) is 18.4 Å². The second-order valence-corrected chi connectivity index (χ2v) is 4.73. The van der Waals surface area contributed by atoms with E-state index in [-0.39, 0.29) is 5.91 Å². The summed E-state index contributed by atoms with van der Waals surface area (Å²) in [5.41, 5.74) is 2.64. The lowest BCUT2D eigenvalue weighted by Crippen LogP contribution is -2.36. The fraction of sp³-hybridized carbons (Fsp3) is 0.333. The Labute approximate surface area is 112 Å². The van der Waals surface area contributed by atoms with E-state index < -0.39 is 5.91 Å². The SMILES string of the molecule is CCO/C=C1\C(=O)NC(=O)c2ccc(C(C)C)cc21. The van der Waals surface area contributed by atoms with Gasteiger partial charge in [-0.2, -0.15) is 0 Å². The average molecular weight is 259 g/mol. The zero-order chi connectivity index (χ0) is 14.0. The van der Waals surface area contributed by atoms with Gasteiger partial charge in [-0.25, -0.2) is 0 Å². The van der Waals surface area contributed by atoms with Gasteiger partial charge in [0.15, 0.2) is 0 Å². The van der Waals surface area contributed by atoms with Crippen molar-refractivity contribution in [2.45, 2.75) is 26.7 Å². The first kappa shape index (κ1) is 13.3. The number of ether oxygens (including phenoxy) is 1. The van der Waals surface area contributed by atoms with Crippen molar-refractivity contribution in [1.29, 1.82) is 0 Å². The summed E-state index contributed by atoms with van der Waals surface area (Å²) >= 11 is 0. The summed E-state index contributed by atoms with van der Waals surface area (Å²) in [6.45, 7) is 6.45. The van der Waals surface area contributed by atoms with Crippen LogP contribution in [0.25, 0.3) is 5.57 Å². The maximum Gasteiger partial charge on any atom is 0.261 e. The molecule has 0 spiro atoms. The molecule has 4 heteroatoms. The van der Waals surface area contributed by atoms with Crippen LogP contribution in [0.15, 0.2) is 24.5 Å². The first-order valence-electron chi connectivity index (χ1n) is 6.36. The fourth-order valence-corrected chi connectivity index (χ4v) is 1.99. The van der Waals surface area contributed by atoms with Gasteiger partial charge in [0, 0.05) is 11.1 Å². The quantitative estimate of drug-likeness (QED) is 0.515. The molecule has 0 unspecified atom stereocenters. The fourth-order valence-electron chi connectivity index (χ4n) is 1.99. The standard InChI is InChI=1S/C15H17NO3/c1-4-19-8-13-12-7-10(9(2)3)5-6-11(12)14(17)16-15(13)18/h5-9H,4H2,1-3H3,(H,16,17,18)/b13-8-. The van der Waals surface area contributed by atoms with Crippen LogP contribution in [0.3, 0.4) is 0 Å². The van der Waals surface area contributed by atoms with E-state index in [1.807, 2.05) is 19.1 Å². The average Bonchev–Trinajstić information content (AvgIpc) is 2.37. The molecule has 1 aromatic rings. The molecule has 4 nitrogen and oxygen atoms in total. The molecule has 1 aromatic carbocycles. The minimum Gasteiger partial charge on any atom is -0.501 e. The monoisotopic (exact) mass is 259 g/mol. The number of nitrogens with one attached hydrogen (secondary N) is 1. The third kappa shape index (κ3) is 2.52. The van der Waals surface area contributed by atoms with Gasteiger partial charge < -0.3 is 4.74 Å². The second-order valence-electron chi connectivity index (χ2n) is 4.73. The van der Waals surface area contributed by atoms with Gasteiger partial charge in [-0.05, 0) is 30.5 Å². The summed E-state index contributed by atoms with van der Waals surface area (Å²) in [5, 5.41) is 2.32. The predicted molar refractivity (Wildman–Crippen MR) is 72.6 cm³/mol. The molecule has 0 saturated carbocycles. The van der Waals surface area contributed by atoms with Crippen molar-refractivity contribution in [1.82, 2.24) is 5.32 Å². The Bertz CT molecular complexity index is 559. The zero-order valence-electron chi connectivity index (χ0n) is 11.3. The lowest BCUT2D eigenvalue weighted by Gasteiger charge is -2.19. The number of amides is 2. The van der Waals surface area contributed by atoms with Gasteiger partial charge in [-0.1, -0.05) is 19.9 Å². The lowest BCUT2D eigenvalue weighted by atomic mass is 9.91. The van der Waals surface area contributed by atoms with E-state index in [4.69, 9.17) is 4.74 Å². The van der Waals surface area contributed by atoms with E-state index in [0.717, 1.165) is 5.56 Å². The van der Waals surface area contributed by atoms with E-state index in [1.54, 1.807) is 6.07 Å². The molecule has 1 N–H and O–H groups in total. The molecule has 100 valence electrons. The van der Waals surface area contributed by atoms with Gasteiger partial charge >= 0.3 is 0 Å². The van der Waals surface area contributed by atoms with Crippen molar-refractivity contribution >= 4 is 17.4 Å². The number of carbonyl (C=O) groups is 2. The Balaban J connectivity index is 2.56. The molecular formula is C15H17NO3. The number of hydrogen-bond acceptors (Lipinski definition) is 3. The maximum atomic E-state index is 11.9. The van der Waals surface area contributed by atoms with Gasteiger partial charge in [-0.15, -0.1) is 0 Å². The van der Waals surface area contributed by atoms with Crippen LogP contribution in [-0.4, -0.2) is 18.4 Å². The van der Waals surface area contributed by atoms with Crippen LogP contribution >= 0.6 is 0 Å². The number of fused-ring (bicyclic) bond motifs is 1. The third-order valence-corrected chi connectivity index (χ3v) is 3.08. The van der Waals surface area contributed by atoms with Crippen LogP contribution in [-0.2, 0) is 9.53 Å². The molecule has 2 rings (SSSR count). The van der Waals surface area contributed by atoms with E-state index in [2.05, 4.69) is 19.2 Å². The molecule has 1 heterocycles. The maximum absolute atomic E-state index is 11.9. The summed E-state index contributed by atoms with van der Waals surface area (Å²) in [6.07, 6.45) is 1.42. The Kier molecular flexibility index (Phi) is 3.69. The lowest BCUT2D eigenvalue weighted by molar-refractivity contribution is -0.114. The Morgan fingerprint density at radius 1 is 1.21 bits per heavy atom. The van der Waals surface area contributed by atoms with Crippen LogP contribution in [0.2, 0.25) is 0 Å². The Morgan fingerprint density at radius 2 is 1.95 bits per heavy atom. The van der Waals surface area contributed by atoms with Crippen LogP contribution in [0.5, 0.6) is 0 Å². The number of carbonyl (C=O) groups excluding carboxylic acids is 2. The molecule has 1 aliphatic heterocycles. The first-order valence-corrected chi connectivity index (χ1v) is 6.36. The van der Waals surface area contributed by atoms with Crippen LogP contribution < -0.4 is 5.32 Å². The summed E-state index contributed by atoms with van der Waals surface area (Å²) in [5.74, 6) is -0.436. The van der Waals surface area contributed by atoms with Crippen molar-refractivity contribution in [3.8, 4) is 0 Å². The van der Waals surface area contributed by atoms with Crippen molar-refractivity contribution in [2.24, 2.45) is 0 Å². The van der Waals surface area contributed by atoms with E-state index >= 15 is 0 Å². The smallest absolute Gasteiger partial charge is 0.261 e. The van der Waals surface area contributed by atoms with E-state index in [1.165, 1.54) is 6.26 Å². The van der Waals surface area contributed by atoms with Gasteiger partial charge in [0.2, 0.25) is 0 Å². The molecule has 1 aliphatic rings. The van der Waals surface area contributed by atoms with Gasteiger partial charge in [0.1, 0.15) is 0 Å². The Hall–Kier alpha value is -2.10.